The molecule has 2 N–H and O–H groups in total. The van der Waals surface area contributed by atoms with E-state index >= 15 is 0 Å². The van der Waals surface area contributed by atoms with Crippen molar-refractivity contribution in [3.63, 3.8) is 0 Å². The molecule has 0 aromatic carbocycles. The van der Waals surface area contributed by atoms with Crippen LogP contribution in [0.2, 0.25) is 0 Å². The number of carboxylic acids is 1. The molecule has 0 radical (unpaired) electrons. The third kappa shape index (κ3) is 5.59. The van der Waals surface area contributed by atoms with E-state index in [0.717, 1.165) is 25.7 Å². The summed E-state index contributed by atoms with van der Waals surface area (Å²) < 4.78 is 5.07. The Balaban J connectivity index is 2.54. The number of hydrogen-bond acceptors (Lipinski definition) is 4. The fraction of sp³-hybridized carbons (Fsp3) is 0.786. The molecule has 20 heavy (non-hydrogen) atoms. The van der Waals surface area contributed by atoms with Crippen LogP contribution in [0.4, 0.5) is 0 Å². The lowest BCUT2D eigenvalue weighted by Gasteiger charge is -2.22. The van der Waals surface area contributed by atoms with Crippen LogP contribution < -0.4 is 5.32 Å². The van der Waals surface area contributed by atoms with Crippen molar-refractivity contribution in [2.24, 2.45) is 5.92 Å². The molecule has 6 nitrogen and oxygen atoms in total. The summed E-state index contributed by atoms with van der Waals surface area (Å²) in [5.74, 6) is -2.26. The van der Waals surface area contributed by atoms with Crippen LogP contribution in [0.1, 0.15) is 52.9 Å². The van der Waals surface area contributed by atoms with Crippen molar-refractivity contribution < 1.29 is 24.2 Å². The lowest BCUT2D eigenvalue weighted by atomic mass is 10.1. The van der Waals surface area contributed by atoms with E-state index < -0.39 is 23.6 Å². The van der Waals surface area contributed by atoms with Crippen molar-refractivity contribution in [3.8, 4) is 0 Å². The smallest absolute Gasteiger partial charge is 0.326 e. The largest absolute Gasteiger partial charge is 0.480 e. The molecule has 1 saturated carbocycles. The monoisotopic (exact) mass is 285 g/mol. The Morgan fingerprint density at radius 1 is 1.25 bits per heavy atom. The normalized spacial score (nSPS) is 17.6. The summed E-state index contributed by atoms with van der Waals surface area (Å²) in [4.78, 5) is 34.7. The van der Waals surface area contributed by atoms with Crippen molar-refractivity contribution in [1.82, 2.24) is 5.32 Å². The molecule has 1 atom stereocenters. The molecule has 1 amide bonds. The van der Waals surface area contributed by atoms with Gasteiger partial charge in [0.2, 0.25) is 5.91 Å². The molecule has 1 aliphatic rings. The van der Waals surface area contributed by atoms with E-state index in [0.29, 0.717) is 0 Å². The molecule has 1 rings (SSSR count). The predicted molar refractivity (Wildman–Crippen MR) is 72.0 cm³/mol. The number of hydrogen-bond donors (Lipinski definition) is 2. The average Bonchev–Trinajstić information content (AvgIpc) is 2.78. The minimum Gasteiger partial charge on any atom is -0.480 e. The highest BCUT2D eigenvalue weighted by Gasteiger charge is 2.30. The van der Waals surface area contributed by atoms with Crippen LogP contribution in [0.15, 0.2) is 0 Å². The number of carboxylic acid groups (broad SMARTS) is 1. The Hall–Kier alpha value is -1.59. The maximum Gasteiger partial charge on any atom is 0.326 e. The van der Waals surface area contributed by atoms with Crippen molar-refractivity contribution in [1.29, 1.82) is 0 Å². The topological polar surface area (TPSA) is 92.7 Å². The zero-order valence-corrected chi connectivity index (χ0v) is 12.3. The highest BCUT2D eigenvalue weighted by molar-refractivity contribution is 5.88. The third-order valence-electron chi connectivity index (χ3n) is 3.13. The first-order valence-electron chi connectivity index (χ1n) is 6.94. The van der Waals surface area contributed by atoms with Gasteiger partial charge in [0.15, 0.2) is 0 Å². The number of amides is 1. The van der Waals surface area contributed by atoms with E-state index in [-0.39, 0.29) is 18.2 Å². The number of nitrogens with one attached hydrogen (secondary N) is 1. The van der Waals surface area contributed by atoms with Crippen LogP contribution in [0.5, 0.6) is 0 Å². The first-order valence-corrected chi connectivity index (χ1v) is 6.94. The van der Waals surface area contributed by atoms with Crippen LogP contribution in [0.25, 0.3) is 0 Å². The van der Waals surface area contributed by atoms with Gasteiger partial charge in [-0.25, -0.2) is 4.79 Å². The summed E-state index contributed by atoms with van der Waals surface area (Å²) in [6.07, 6.45) is 3.18. The number of aliphatic carboxylic acids is 1. The van der Waals surface area contributed by atoms with E-state index in [2.05, 4.69) is 5.32 Å². The molecular weight excluding hydrogens is 262 g/mol. The lowest BCUT2D eigenvalue weighted by molar-refractivity contribution is -0.158. The van der Waals surface area contributed by atoms with Crippen molar-refractivity contribution >= 4 is 17.8 Å². The van der Waals surface area contributed by atoms with Gasteiger partial charge < -0.3 is 15.2 Å². The SMILES string of the molecule is CC(C)(C)OC(=O)C[C@H](NC(=O)C1CCCC1)C(=O)O. The summed E-state index contributed by atoms with van der Waals surface area (Å²) in [5.41, 5.74) is -0.671. The quantitative estimate of drug-likeness (QED) is 0.746. The molecule has 6 heteroatoms. The van der Waals surface area contributed by atoms with Gasteiger partial charge in [0, 0.05) is 5.92 Å². The molecule has 0 saturated heterocycles. The number of rotatable bonds is 5. The highest BCUT2D eigenvalue weighted by atomic mass is 16.6. The van der Waals surface area contributed by atoms with Crippen molar-refractivity contribution in [2.45, 2.75) is 64.5 Å². The third-order valence-corrected chi connectivity index (χ3v) is 3.13. The lowest BCUT2D eigenvalue weighted by Crippen LogP contribution is -2.45. The maximum absolute atomic E-state index is 11.9. The van der Waals surface area contributed by atoms with E-state index in [1.54, 1.807) is 20.8 Å². The van der Waals surface area contributed by atoms with Gasteiger partial charge >= 0.3 is 11.9 Å². The van der Waals surface area contributed by atoms with Crippen LogP contribution in [-0.2, 0) is 19.1 Å². The summed E-state index contributed by atoms with van der Waals surface area (Å²) in [6, 6.07) is -1.22. The average molecular weight is 285 g/mol. The van der Waals surface area contributed by atoms with E-state index in [1.165, 1.54) is 0 Å². The zero-order chi connectivity index (χ0) is 15.3. The molecule has 1 aliphatic carbocycles. The second-order valence-electron chi connectivity index (χ2n) is 6.17. The van der Waals surface area contributed by atoms with Crippen LogP contribution in [0, 0.1) is 5.92 Å². The van der Waals surface area contributed by atoms with Crippen LogP contribution in [-0.4, -0.2) is 34.6 Å². The summed E-state index contributed by atoms with van der Waals surface area (Å²) in [6.45, 7) is 5.12. The standard InChI is InChI=1S/C14H23NO5/c1-14(2,3)20-11(16)8-10(13(18)19)15-12(17)9-6-4-5-7-9/h9-10H,4-8H2,1-3H3,(H,15,17)(H,18,19)/t10-/m0/s1. The van der Waals surface area contributed by atoms with Gasteiger partial charge in [0.25, 0.3) is 0 Å². The Kier molecular flexibility index (Phi) is 5.53. The molecule has 0 aromatic rings. The molecular formula is C14H23NO5. The van der Waals surface area contributed by atoms with Gasteiger partial charge in [0.05, 0.1) is 6.42 Å². The molecule has 0 aliphatic heterocycles. The van der Waals surface area contributed by atoms with E-state index in [1.807, 2.05) is 0 Å². The van der Waals surface area contributed by atoms with Gasteiger partial charge in [-0.1, -0.05) is 12.8 Å². The fourth-order valence-electron chi connectivity index (χ4n) is 2.23. The summed E-state index contributed by atoms with van der Waals surface area (Å²) in [7, 11) is 0. The summed E-state index contributed by atoms with van der Waals surface area (Å²) in [5, 5.41) is 11.5. The van der Waals surface area contributed by atoms with Crippen LogP contribution >= 0.6 is 0 Å². The molecule has 0 aromatic heterocycles. The predicted octanol–water partition coefficient (Wildman–Crippen LogP) is 1.48. The molecule has 0 unspecified atom stereocenters. The number of carbonyl (C=O) groups excluding carboxylic acids is 2. The first kappa shape index (κ1) is 16.5. The minimum absolute atomic E-state index is 0.129. The Labute approximate surface area is 118 Å². The first-order chi connectivity index (χ1) is 9.19. The van der Waals surface area contributed by atoms with Gasteiger partial charge in [-0.15, -0.1) is 0 Å². The maximum atomic E-state index is 11.9. The molecule has 0 spiro atoms. The number of ether oxygens (including phenoxy) is 1. The Bertz CT molecular complexity index is 380. The van der Waals surface area contributed by atoms with Crippen molar-refractivity contribution in [3.05, 3.63) is 0 Å². The second-order valence-corrected chi connectivity index (χ2v) is 6.17. The molecule has 114 valence electrons. The van der Waals surface area contributed by atoms with Crippen LogP contribution in [0.3, 0.4) is 0 Å². The van der Waals surface area contributed by atoms with Crippen molar-refractivity contribution in [2.75, 3.05) is 0 Å². The molecule has 0 bridgehead atoms. The van der Waals surface area contributed by atoms with E-state index in [9.17, 15) is 14.4 Å². The molecule has 1 fully saturated rings. The Morgan fingerprint density at radius 3 is 2.25 bits per heavy atom. The minimum atomic E-state index is -1.22. The van der Waals surface area contributed by atoms with E-state index in [4.69, 9.17) is 9.84 Å². The Morgan fingerprint density at radius 2 is 1.80 bits per heavy atom. The zero-order valence-electron chi connectivity index (χ0n) is 12.3. The number of carbonyl (C=O) groups is 3. The van der Waals surface area contributed by atoms with Gasteiger partial charge in [-0.05, 0) is 33.6 Å². The number of esters is 1. The second kappa shape index (κ2) is 6.72. The van der Waals surface area contributed by atoms with Gasteiger partial charge in [0.1, 0.15) is 11.6 Å². The summed E-state index contributed by atoms with van der Waals surface area (Å²) >= 11 is 0. The van der Waals surface area contributed by atoms with Gasteiger partial charge in [-0.2, -0.15) is 0 Å². The highest BCUT2D eigenvalue weighted by Crippen LogP contribution is 2.24. The fourth-order valence-corrected chi connectivity index (χ4v) is 2.23. The van der Waals surface area contributed by atoms with Gasteiger partial charge in [-0.3, -0.25) is 9.59 Å². The molecule has 0 heterocycles.